The van der Waals surface area contributed by atoms with Gasteiger partial charge < -0.3 is 14.6 Å². The Morgan fingerprint density at radius 2 is 1.88 bits per heavy atom. The summed E-state index contributed by atoms with van der Waals surface area (Å²) in [6.07, 6.45) is 1.21. The Balaban J connectivity index is 1.71. The molecule has 0 unspecified atom stereocenters. The lowest BCUT2D eigenvalue weighted by atomic mass is 10.0. The summed E-state index contributed by atoms with van der Waals surface area (Å²) in [7, 11) is 1.94. The first kappa shape index (κ1) is 25.5. The number of halogens is 5. The highest BCUT2D eigenvalue weighted by atomic mass is 127. The molecule has 2 heterocycles. The summed E-state index contributed by atoms with van der Waals surface area (Å²) in [5, 5.41) is 11.6. The van der Waals surface area contributed by atoms with Gasteiger partial charge in [-0.05, 0) is 100 Å². The summed E-state index contributed by atoms with van der Waals surface area (Å²) >= 11 is 16.8. The van der Waals surface area contributed by atoms with Crippen LogP contribution < -0.4 is 0 Å². The van der Waals surface area contributed by atoms with Crippen molar-refractivity contribution in [3.63, 3.8) is 0 Å². The van der Waals surface area contributed by atoms with Crippen LogP contribution in [0.3, 0.4) is 0 Å². The zero-order valence-corrected chi connectivity index (χ0v) is 24.0. The minimum Gasteiger partial charge on any atom is -0.393 e. The van der Waals surface area contributed by atoms with E-state index in [0.29, 0.717) is 59.1 Å². The van der Waals surface area contributed by atoms with Crippen molar-refractivity contribution < 1.29 is 14.3 Å². The number of rotatable bonds is 4. The van der Waals surface area contributed by atoms with E-state index in [-0.39, 0.29) is 12.0 Å². The van der Waals surface area contributed by atoms with Crippen molar-refractivity contribution in [3.05, 3.63) is 68.3 Å². The predicted octanol–water partition coefficient (Wildman–Crippen LogP) is 6.93. The topological polar surface area (TPSA) is 45.5 Å². The summed E-state index contributed by atoms with van der Waals surface area (Å²) in [5.41, 5.74) is 4.60. The molecule has 1 aromatic heterocycles. The first-order valence-corrected chi connectivity index (χ1v) is 13.5. The van der Waals surface area contributed by atoms with E-state index in [9.17, 15) is 14.3 Å². The molecule has 0 spiro atoms. The Hall–Kier alpha value is -0.620. The lowest BCUT2D eigenvalue weighted by Gasteiger charge is -2.30. The summed E-state index contributed by atoms with van der Waals surface area (Å²) in [6, 6.07) is 9.20. The normalized spacial score (nSPS) is 15.5. The lowest BCUT2D eigenvalue weighted by Crippen LogP contribution is -2.40. The van der Waals surface area contributed by atoms with E-state index in [4.69, 9.17) is 23.2 Å². The summed E-state index contributed by atoms with van der Waals surface area (Å²) in [4.78, 5) is 14.8. The number of amides is 1. The fourth-order valence-electron chi connectivity index (χ4n) is 4.34. The van der Waals surface area contributed by atoms with Crippen LogP contribution in [0.1, 0.15) is 45.6 Å². The van der Waals surface area contributed by atoms with Gasteiger partial charge in [0.1, 0.15) is 0 Å². The minimum absolute atomic E-state index is 0.147. The van der Waals surface area contributed by atoms with Gasteiger partial charge in [0.05, 0.1) is 16.7 Å². The SMILES string of the molecule is Cc1cc(C(F)(I)I)cc2c1cc(Cc1c(Cl)ccc(C(=O)N3CCC(O)CC3)c1Cl)n2C. The van der Waals surface area contributed by atoms with Crippen molar-refractivity contribution >= 4 is 85.2 Å². The lowest BCUT2D eigenvalue weighted by molar-refractivity contribution is 0.0546. The van der Waals surface area contributed by atoms with Crippen LogP contribution in [0.5, 0.6) is 0 Å². The van der Waals surface area contributed by atoms with Crippen LogP contribution in [0, 0.1) is 6.92 Å². The van der Waals surface area contributed by atoms with Gasteiger partial charge in [0.15, 0.2) is 0 Å². The molecule has 9 heteroatoms. The molecule has 3 aromatic rings. The molecular formula is C24H23Cl2FI2N2O2. The number of alkyl halides is 3. The van der Waals surface area contributed by atoms with E-state index >= 15 is 0 Å². The first-order chi connectivity index (χ1) is 15.5. The molecule has 0 saturated carbocycles. The highest BCUT2D eigenvalue weighted by Crippen LogP contribution is 2.43. The number of fused-ring (bicyclic) bond motifs is 1. The van der Waals surface area contributed by atoms with E-state index in [1.54, 1.807) is 62.2 Å². The summed E-state index contributed by atoms with van der Waals surface area (Å²) in [5.74, 6) is -0.147. The highest BCUT2D eigenvalue weighted by Gasteiger charge is 2.27. The number of aromatic nitrogens is 1. The van der Waals surface area contributed by atoms with E-state index < -0.39 is 1.68 Å². The number of aliphatic hydroxyl groups is 1. The van der Waals surface area contributed by atoms with Crippen LogP contribution in [0.4, 0.5) is 4.39 Å². The van der Waals surface area contributed by atoms with Crippen molar-refractivity contribution in [1.82, 2.24) is 9.47 Å². The average Bonchev–Trinajstić information content (AvgIpc) is 3.07. The van der Waals surface area contributed by atoms with Crippen LogP contribution in [0.15, 0.2) is 30.3 Å². The maximum atomic E-state index is 14.6. The Morgan fingerprint density at radius 3 is 2.52 bits per heavy atom. The number of aliphatic hydroxyl groups excluding tert-OH is 1. The predicted molar refractivity (Wildman–Crippen MR) is 149 cm³/mol. The quantitative estimate of drug-likeness (QED) is 0.236. The number of hydrogen-bond donors (Lipinski definition) is 1. The molecule has 1 aliphatic heterocycles. The van der Waals surface area contributed by atoms with Crippen LogP contribution in [0.2, 0.25) is 10.0 Å². The Labute approximate surface area is 229 Å². The van der Waals surface area contributed by atoms with Crippen LogP contribution >= 0.6 is 68.4 Å². The molecule has 1 N–H and O–H groups in total. The second-order valence-corrected chi connectivity index (χ2v) is 14.3. The average molecular weight is 715 g/mol. The molecular weight excluding hydrogens is 692 g/mol. The smallest absolute Gasteiger partial charge is 0.255 e. The number of aryl methyl sites for hydroxylation is 2. The van der Waals surface area contributed by atoms with Crippen molar-refractivity contribution in [3.8, 4) is 0 Å². The van der Waals surface area contributed by atoms with Crippen LogP contribution in [-0.4, -0.2) is 39.7 Å². The zero-order valence-electron chi connectivity index (χ0n) is 18.1. The fraction of sp³-hybridized carbons (Fsp3) is 0.375. The molecule has 1 saturated heterocycles. The van der Waals surface area contributed by atoms with E-state index in [0.717, 1.165) is 22.2 Å². The van der Waals surface area contributed by atoms with Crippen LogP contribution in [-0.2, 0) is 15.2 Å². The number of carbonyl (C=O) groups excluding carboxylic acids is 1. The maximum Gasteiger partial charge on any atom is 0.255 e. The number of benzene rings is 2. The number of hydrogen-bond acceptors (Lipinski definition) is 2. The number of piperidine rings is 1. The van der Waals surface area contributed by atoms with Crippen molar-refractivity contribution in [2.75, 3.05) is 13.1 Å². The fourth-order valence-corrected chi connectivity index (χ4v) is 5.55. The summed E-state index contributed by atoms with van der Waals surface area (Å²) < 4.78 is 15.1. The highest BCUT2D eigenvalue weighted by molar-refractivity contribution is 14.2. The van der Waals surface area contributed by atoms with E-state index in [2.05, 4.69) is 6.07 Å². The zero-order chi connectivity index (χ0) is 24.1. The molecule has 176 valence electrons. The number of likely N-dealkylation sites (tertiary alicyclic amines) is 1. The van der Waals surface area contributed by atoms with Gasteiger partial charge in [-0.2, -0.15) is 0 Å². The van der Waals surface area contributed by atoms with E-state index in [1.807, 2.05) is 30.7 Å². The monoisotopic (exact) mass is 714 g/mol. The van der Waals surface area contributed by atoms with Gasteiger partial charge in [-0.15, -0.1) is 0 Å². The third-order valence-corrected chi connectivity index (χ3v) is 8.35. The van der Waals surface area contributed by atoms with Gasteiger partial charge in [-0.25, -0.2) is 4.39 Å². The largest absolute Gasteiger partial charge is 0.393 e. The van der Waals surface area contributed by atoms with Crippen LogP contribution in [0.25, 0.3) is 10.9 Å². The molecule has 1 amide bonds. The number of carbonyl (C=O) groups is 1. The van der Waals surface area contributed by atoms with Gasteiger partial charge in [-0.3, -0.25) is 4.79 Å². The first-order valence-electron chi connectivity index (χ1n) is 10.6. The number of nitrogens with zero attached hydrogens (tertiary/aromatic N) is 2. The Morgan fingerprint density at radius 1 is 1.21 bits per heavy atom. The van der Waals surface area contributed by atoms with Crippen molar-refractivity contribution in [2.45, 2.75) is 34.0 Å². The van der Waals surface area contributed by atoms with Gasteiger partial charge in [0, 0.05) is 53.7 Å². The molecule has 0 atom stereocenters. The molecule has 0 radical (unpaired) electrons. The molecule has 1 fully saturated rings. The molecule has 4 rings (SSSR count). The summed E-state index contributed by atoms with van der Waals surface area (Å²) in [6.45, 7) is 2.98. The minimum atomic E-state index is -1.50. The third kappa shape index (κ3) is 5.17. The standard InChI is InChI=1S/C24H23Cl2FI2N2O2/c1-13-9-14(24(27,28)29)10-21-18(13)11-15(30(21)2)12-19-20(25)4-3-17(22(19)26)23(33)31-7-5-16(32)6-8-31/h3-4,9-11,16,32H,5-8,12H2,1-2H3. The van der Waals surface area contributed by atoms with E-state index in [1.165, 1.54) is 0 Å². The molecule has 0 aliphatic carbocycles. The molecule has 33 heavy (non-hydrogen) atoms. The Kier molecular flexibility index (Phi) is 7.56. The molecule has 4 nitrogen and oxygen atoms in total. The maximum absolute atomic E-state index is 14.6. The van der Waals surface area contributed by atoms with Crippen molar-refractivity contribution in [2.24, 2.45) is 7.05 Å². The van der Waals surface area contributed by atoms with Crippen molar-refractivity contribution in [1.29, 1.82) is 0 Å². The Bertz CT molecular complexity index is 1230. The third-order valence-electron chi connectivity index (χ3n) is 6.32. The van der Waals surface area contributed by atoms with Gasteiger partial charge in [0.2, 0.25) is 1.68 Å². The van der Waals surface area contributed by atoms with Gasteiger partial charge in [-0.1, -0.05) is 29.3 Å². The van der Waals surface area contributed by atoms with Gasteiger partial charge in [0.25, 0.3) is 5.91 Å². The molecule has 0 bridgehead atoms. The van der Waals surface area contributed by atoms with Gasteiger partial charge >= 0.3 is 0 Å². The molecule has 2 aromatic carbocycles. The molecule has 1 aliphatic rings. The second-order valence-electron chi connectivity index (χ2n) is 8.51. The second kappa shape index (κ2) is 9.79.